The number of rotatable bonds is 3. The molecule has 1 aromatic carbocycles. The molecule has 0 unspecified atom stereocenters. The smallest absolute Gasteiger partial charge is 0.162 e. The van der Waals surface area contributed by atoms with E-state index in [1.165, 1.54) is 6.07 Å². The SMILES string of the molecule is CCC(=O)c1cc(Cl)c(O)c(CN)c1. The molecule has 0 aliphatic carbocycles. The number of carbonyl (C=O) groups is 1. The van der Waals surface area contributed by atoms with Crippen molar-refractivity contribution in [3.8, 4) is 5.75 Å². The number of ketones is 1. The molecule has 3 nitrogen and oxygen atoms in total. The van der Waals surface area contributed by atoms with E-state index in [1.807, 2.05) is 0 Å². The van der Waals surface area contributed by atoms with Crippen molar-refractivity contribution in [3.63, 3.8) is 0 Å². The predicted octanol–water partition coefficient (Wildman–Crippen LogP) is 2.10. The molecule has 0 atom stereocenters. The van der Waals surface area contributed by atoms with E-state index < -0.39 is 0 Å². The summed E-state index contributed by atoms with van der Waals surface area (Å²) in [5, 5.41) is 9.62. The summed E-state index contributed by atoms with van der Waals surface area (Å²) in [5.41, 5.74) is 6.39. The van der Waals surface area contributed by atoms with Crippen molar-refractivity contribution in [2.75, 3.05) is 0 Å². The van der Waals surface area contributed by atoms with Crippen LogP contribution in [0.3, 0.4) is 0 Å². The summed E-state index contributed by atoms with van der Waals surface area (Å²) in [6.45, 7) is 1.93. The molecule has 3 N–H and O–H groups in total. The third-order valence-corrected chi connectivity index (χ3v) is 2.29. The monoisotopic (exact) mass is 213 g/mol. The molecule has 1 aromatic rings. The molecular weight excluding hydrogens is 202 g/mol. The largest absolute Gasteiger partial charge is 0.506 e. The Balaban J connectivity index is 3.22. The molecule has 0 aromatic heterocycles. The van der Waals surface area contributed by atoms with Gasteiger partial charge in [-0.3, -0.25) is 4.79 Å². The van der Waals surface area contributed by atoms with E-state index in [2.05, 4.69) is 0 Å². The van der Waals surface area contributed by atoms with Crippen LogP contribution in [0.2, 0.25) is 5.02 Å². The fraction of sp³-hybridized carbons (Fsp3) is 0.300. The van der Waals surface area contributed by atoms with Gasteiger partial charge in [-0.1, -0.05) is 18.5 Å². The van der Waals surface area contributed by atoms with Gasteiger partial charge in [0.15, 0.2) is 5.78 Å². The summed E-state index contributed by atoms with van der Waals surface area (Å²) in [6, 6.07) is 3.04. The molecule has 4 heteroatoms. The number of phenols is 1. The number of nitrogens with two attached hydrogens (primary N) is 1. The molecule has 0 aliphatic rings. The highest BCUT2D eigenvalue weighted by atomic mass is 35.5. The molecule has 0 saturated heterocycles. The van der Waals surface area contributed by atoms with Gasteiger partial charge < -0.3 is 10.8 Å². The number of Topliss-reactive ketones (excluding diaryl/α,β-unsaturated/α-hetero) is 1. The summed E-state index contributed by atoms with van der Waals surface area (Å²) in [4.78, 5) is 11.4. The topological polar surface area (TPSA) is 63.3 Å². The molecule has 0 heterocycles. The number of halogens is 1. The van der Waals surface area contributed by atoms with Gasteiger partial charge in [0, 0.05) is 24.1 Å². The highest BCUT2D eigenvalue weighted by molar-refractivity contribution is 6.32. The minimum atomic E-state index is -0.0400. The molecule has 0 amide bonds. The first-order valence-corrected chi connectivity index (χ1v) is 4.72. The number of aromatic hydroxyl groups is 1. The lowest BCUT2D eigenvalue weighted by Crippen LogP contribution is -2.02. The second-order valence-electron chi connectivity index (χ2n) is 2.95. The first-order chi connectivity index (χ1) is 6.60. The Labute approximate surface area is 87.5 Å². The highest BCUT2D eigenvalue weighted by Gasteiger charge is 2.10. The van der Waals surface area contributed by atoms with Crippen LogP contribution in [-0.4, -0.2) is 10.9 Å². The second-order valence-corrected chi connectivity index (χ2v) is 3.35. The van der Waals surface area contributed by atoms with Crippen LogP contribution in [0.15, 0.2) is 12.1 Å². The summed E-state index contributed by atoms with van der Waals surface area (Å²) in [7, 11) is 0. The average Bonchev–Trinajstić information content (AvgIpc) is 2.20. The van der Waals surface area contributed by atoms with E-state index in [4.69, 9.17) is 17.3 Å². The molecule has 0 radical (unpaired) electrons. The fourth-order valence-corrected chi connectivity index (χ4v) is 1.42. The summed E-state index contributed by atoms with van der Waals surface area (Å²) in [5.74, 6) is -0.0524. The molecule has 14 heavy (non-hydrogen) atoms. The summed E-state index contributed by atoms with van der Waals surface area (Å²) >= 11 is 5.74. The number of hydrogen-bond acceptors (Lipinski definition) is 3. The van der Waals surface area contributed by atoms with E-state index in [-0.39, 0.29) is 23.1 Å². The maximum atomic E-state index is 11.4. The molecular formula is C10H12ClNO2. The molecule has 1 rings (SSSR count). The highest BCUT2D eigenvalue weighted by Crippen LogP contribution is 2.29. The van der Waals surface area contributed by atoms with Gasteiger partial charge in [-0.15, -0.1) is 0 Å². The van der Waals surface area contributed by atoms with E-state index >= 15 is 0 Å². The zero-order chi connectivity index (χ0) is 10.7. The van der Waals surface area contributed by atoms with Crippen LogP contribution in [-0.2, 0) is 6.54 Å². The third-order valence-electron chi connectivity index (χ3n) is 2.01. The summed E-state index contributed by atoms with van der Waals surface area (Å²) < 4.78 is 0. The predicted molar refractivity (Wildman–Crippen MR) is 55.6 cm³/mol. The standard InChI is InChI=1S/C10H12ClNO2/c1-2-9(13)6-3-7(5-12)10(14)8(11)4-6/h3-4,14H,2,5,12H2,1H3. The normalized spacial score (nSPS) is 10.2. The van der Waals surface area contributed by atoms with E-state index in [9.17, 15) is 9.90 Å². The molecule has 0 aliphatic heterocycles. The van der Waals surface area contributed by atoms with Crippen LogP contribution in [0.1, 0.15) is 29.3 Å². The van der Waals surface area contributed by atoms with Crippen molar-refractivity contribution in [1.82, 2.24) is 0 Å². The molecule has 0 fully saturated rings. The minimum absolute atomic E-state index is 0.0124. The number of hydrogen-bond donors (Lipinski definition) is 2. The van der Waals surface area contributed by atoms with Crippen LogP contribution in [0.4, 0.5) is 0 Å². The lowest BCUT2D eigenvalue weighted by atomic mass is 10.0. The lowest BCUT2D eigenvalue weighted by Gasteiger charge is -2.06. The Morgan fingerprint density at radius 1 is 1.57 bits per heavy atom. The van der Waals surface area contributed by atoms with Crippen LogP contribution in [0, 0.1) is 0 Å². The third kappa shape index (κ3) is 2.05. The Kier molecular flexibility index (Phi) is 3.49. The van der Waals surface area contributed by atoms with Gasteiger partial charge in [0.1, 0.15) is 5.75 Å². The maximum absolute atomic E-state index is 11.4. The first-order valence-electron chi connectivity index (χ1n) is 4.34. The zero-order valence-electron chi connectivity index (χ0n) is 7.88. The van der Waals surface area contributed by atoms with Crippen molar-refractivity contribution in [2.24, 2.45) is 5.73 Å². The quantitative estimate of drug-likeness (QED) is 0.756. The minimum Gasteiger partial charge on any atom is -0.506 e. The Morgan fingerprint density at radius 3 is 2.71 bits per heavy atom. The number of benzene rings is 1. The zero-order valence-corrected chi connectivity index (χ0v) is 8.64. The van der Waals surface area contributed by atoms with Crippen LogP contribution < -0.4 is 5.73 Å². The second kappa shape index (κ2) is 4.44. The van der Waals surface area contributed by atoms with Crippen LogP contribution in [0.5, 0.6) is 5.75 Å². The van der Waals surface area contributed by atoms with E-state index in [0.717, 1.165) is 0 Å². The number of carbonyl (C=O) groups excluding carboxylic acids is 1. The molecule has 0 bridgehead atoms. The Bertz CT molecular complexity index is 363. The molecule has 0 spiro atoms. The van der Waals surface area contributed by atoms with Gasteiger partial charge in [0.25, 0.3) is 0 Å². The van der Waals surface area contributed by atoms with Gasteiger partial charge in [0.2, 0.25) is 0 Å². The van der Waals surface area contributed by atoms with E-state index in [1.54, 1.807) is 13.0 Å². The van der Waals surface area contributed by atoms with Crippen LogP contribution >= 0.6 is 11.6 Å². The number of phenolic OH excluding ortho intramolecular Hbond substituents is 1. The van der Waals surface area contributed by atoms with Crippen molar-refractivity contribution < 1.29 is 9.90 Å². The van der Waals surface area contributed by atoms with Crippen molar-refractivity contribution in [2.45, 2.75) is 19.9 Å². The fourth-order valence-electron chi connectivity index (χ4n) is 1.18. The van der Waals surface area contributed by atoms with Gasteiger partial charge in [0.05, 0.1) is 5.02 Å². The Hall–Kier alpha value is -1.06. The van der Waals surface area contributed by atoms with Crippen molar-refractivity contribution in [1.29, 1.82) is 0 Å². The van der Waals surface area contributed by atoms with Gasteiger partial charge in [-0.05, 0) is 12.1 Å². The molecule has 0 saturated carbocycles. The lowest BCUT2D eigenvalue weighted by molar-refractivity contribution is 0.0988. The molecule has 76 valence electrons. The van der Waals surface area contributed by atoms with Crippen molar-refractivity contribution >= 4 is 17.4 Å². The Morgan fingerprint density at radius 2 is 2.21 bits per heavy atom. The van der Waals surface area contributed by atoms with Gasteiger partial charge in [-0.2, -0.15) is 0 Å². The van der Waals surface area contributed by atoms with Gasteiger partial charge in [-0.25, -0.2) is 0 Å². The van der Waals surface area contributed by atoms with Gasteiger partial charge >= 0.3 is 0 Å². The maximum Gasteiger partial charge on any atom is 0.162 e. The van der Waals surface area contributed by atoms with Crippen LogP contribution in [0.25, 0.3) is 0 Å². The average molecular weight is 214 g/mol. The first kappa shape index (κ1) is 11.0. The summed E-state index contributed by atoms with van der Waals surface area (Å²) in [6.07, 6.45) is 0.408. The van der Waals surface area contributed by atoms with E-state index in [0.29, 0.717) is 17.5 Å². The van der Waals surface area contributed by atoms with Crippen molar-refractivity contribution in [3.05, 3.63) is 28.3 Å².